The number of hydrogen-bond donors (Lipinski definition) is 0. The highest BCUT2D eigenvalue weighted by atomic mass is 32.1. The first-order chi connectivity index (χ1) is 54.7. The van der Waals surface area contributed by atoms with Crippen LogP contribution in [0.1, 0.15) is 55.2 Å². The molecule has 586 valence electrons. The Labute approximate surface area is 642 Å². The topological polar surface area (TPSA) is 117 Å². The van der Waals surface area contributed by atoms with E-state index in [2.05, 4.69) is 11.7 Å². The first-order valence-electron chi connectivity index (χ1n) is 35.2. The van der Waals surface area contributed by atoms with Crippen LogP contribution in [0.4, 0.5) is 61.5 Å². The zero-order valence-electron chi connectivity index (χ0n) is 61.8. The quantitative estimate of drug-likeness (QED) is 0.122. The minimum atomic E-state index is -5.05. The number of methoxy groups -OCH3 is 6. The van der Waals surface area contributed by atoms with Crippen molar-refractivity contribution in [1.82, 2.24) is 0 Å². The molecule has 0 N–H and O–H groups in total. The minimum absolute atomic E-state index is 0.00399. The van der Waals surface area contributed by atoms with Crippen LogP contribution in [-0.4, -0.2) is 49.0 Å². The Kier molecular flexibility index (Phi) is 21.8. The summed E-state index contributed by atoms with van der Waals surface area (Å²) in [5.41, 5.74) is 3.12. The normalized spacial score (nSPS) is 13.6. The molecule has 0 amide bonds. The zero-order valence-corrected chi connectivity index (χ0v) is 62.6. The van der Waals surface area contributed by atoms with Crippen LogP contribution in [0.2, 0.25) is 0 Å². The van der Waals surface area contributed by atoms with E-state index in [0.717, 1.165) is 65.8 Å². The van der Waals surface area contributed by atoms with Crippen LogP contribution in [-0.2, 0) is 0 Å². The van der Waals surface area contributed by atoms with Crippen LogP contribution in [0, 0.1) is 83.8 Å². The van der Waals surface area contributed by atoms with Gasteiger partial charge in [0.2, 0.25) is 29.1 Å². The molecule has 18 rings (SSSR count). The van der Waals surface area contributed by atoms with Crippen LogP contribution in [0.3, 0.4) is 0 Å². The fourth-order valence-corrected chi connectivity index (χ4v) is 15.3. The van der Waals surface area contributed by atoms with E-state index in [1.165, 1.54) is 85.1 Å². The number of benzene rings is 12. The number of fused-ring (bicyclic) bond motifs is 15. The predicted octanol–water partition coefficient (Wildman–Crippen LogP) is 27.1. The van der Waals surface area contributed by atoms with Crippen LogP contribution in [0.15, 0.2) is 181 Å². The van der Waals surface area contributed by atoms with Gasteiger partial charge in [-0.25, -0.2) is 26.3 Å². The third kappa shape index (κ3) is 14.4. The third-order valence-electron chi connectivity index (χ3n) is 20.0. The summed E-state index contributed by atoms with van der Waals surface area (Å²) in [7, 11) is 8.16. The van der Waals surface area contributed by atoms with E-state index in [9.17, 15) is 57.1 Å². The molecule has 1 fully saturated rings. The molecule has 1 saturated carbocycles. The Balaban J connectivity index is 0.000000118. The lowest BCUT2D eigenvalue weighted by Crippen LogP contribution is -2.17. The van der Waals surface area contributed by atoms with Gasteiger partial charge in [0, 0.05) is 70.6 Å². The summed E-state index contributed by atoms with van der Waals surface area (Å²) in [5.74, 6) is -6.88. The van der Waals surface area contributed by atoms with E-state index < -0.39 is 75.9 Å². The van der Waals surface area contributed by atoms with Gasteiger partial charge in [0.15, 0.2) is 114 Å². The van der Waals surface area contributed by atoms with Gasteiger partial charge < -0.3 is 50.8 Å². The summed E-state index contributed by atoms with van der Waals surface area (Å²) < 4.78 is 251. The average Bonchev–Trinajstić information content (AvgIpc) is 1.76. The molecule has 0 saturated heterocycles. The molecule has 0 bridgehead atoms. The lowest BCUT2D eigenvalue weighted by molar-refractivity contribution is -0.275. The van der Waals surface area contributed by atoms with Gasteiger partial charge in [-0.15, -0.1) is 24.5 Å². The molecule has 1 aliphatic rings. The number of rotatable bonds is 10. The second-order valence-corrected chi connectivity index (χ2v) is 27.8. The summed E-state index contributed by atoms with van der Waals surface area (Å²) in [4.78, 5) is 0. The van der Waals surface area contributed by atoms with E-state index in [4.69, 9.17) is 46.1 Å². The van der Waals surface area contributed by atoms with Crippen LogP contribution in [0.25, 0.3) is 130 Å². The van der Waals surface area contributed by atoms with Gasteiger partial charge >= 0.3 is 6.36 Å². The van der Waals surface area contributed by atoms with Gasteiger partial charge in [0.1, 0.15) is 5.82 Å². The van der Waals surface area contributed by atoms with Crippen molar-refractivity contribution >= 4 is 119 Å². The van der Waals surface area contributed by atoms with Crippen molar-refractivity contribution in [2.75, 3.05) is 42.7 Å². The molecule has 114 heavy (non-hydrogen) atoms. The zero-order chi connectivity index (χ0) is 81.0. The van der Waals surface area contributed by atoms with Gasteiger partial charge in [-0.05, 0) is 164 Å². The monoisotopic (exact) mass is 1590 g/mol. The predicted molar refractivity (Wildman–Crippen MR) is 410 cm³/mol. The Hall–Kier alpha value is -12.3. The SMILES string of the molecule is COc1ccc2c(oc3c(F)c(-c4ccc(C)cc4)ccc32)c1F.COc1ccc2c(oc3c(F)c(-c4ccc(C)cc4F)ccc32)c1F.COc1ccc2c(oc3c(F)c(C4CCC(C)CC4)ccc32)c1F.COc1ccc2c(oc3c(F)c(OC(F)(F)F)ccc32)c1F.COc1ccc2c(sc3c(F)c(OC)ccc32)c1F. The lowest BCUT2D eigenvalue weighted by Gasteiger charge is -2.26. The molecule has 12 aromatic carbocycles. The van der Waals surface area contributed by atoms with Crippen molar-refractivity contribution in [3.05, 3.63) is 244 Å². The summed E-state index contributed by atoms with van der Waals surface area (Å²) in [6.45, 7) is 5.96. The molecule has 17 aromatic rings. The number of thiophene rings is 1. The molecule has 0 atom stereocenters. The van der Waals surface area contributed by atoms with E-state index in [1.54, 1.807) is 79.7 Å². The van der Waals surface area contributed by atoms with Gasteiger partial charge in [-0.2, -0.15) is 22.0 Å². The summed E-state index contributed by atoms with van der Waals surface area (Å²) in [6, 6.07) is 43.1. The fraction of sp³-hybridized carbons (Fsp3) is 0.182. The smallest absolute Gasteiger partial charge is 0.494 e. The first-order valence-corrected chi connectivity index (χ1v) is 36.0. The number of furan rings is 4. The average molecular weight is 1600 g/mol. The molecule has 0 aliphatic heterocycles. The maximum atomic E-state index is 15.1. The Morgan fingerprint density at radius 1 is 0.307 bits per heavy atom. The van der Waals surface area contributed by atoms with E-state index in [1.807, 2.05) is 43.3 Å². The molecule has 26 heteroatoms. The molecule has 1 aliphatic carbocycles. The molecule has 0 unspecified atom stereocenters. The summed E-state index contributed by atoms with van der Waals surface area (Å²) >= 11 is 1.06. The molecule has 0 radical (unpaired) electrons. The van der Waals surface area contributed by atoms with Gasteiger partial charge in [-0.1, -0.05) is 79.9 Å². The van der Waals surface area contributed by atoms with E-state index >= 15 is 4.39 Å². The van der Waals surface area contributed by atoms with Gasteiger partial charge in [0.25, 0.3) is 0 Å². The Morgan fingerprint density at radius 3 is 0.982 bits per heavy atom. The molecular formula is C88H64F14O11S. The van der Waals surface area contributed by atoms with Gasteiger partial charge in [0.05, 0.1) is 52.1 Å². The molecule has 0 spiro atoms. The largest absolute Gasteiger partial charge is 0.573 e. The van der Waals surface area contributed by atoms with E-state index in [-0.39, 0.29) is 107 Å². The molecule has 5 heterocycles. The second-order valence-electron chi connectivity index (χ2n) is 26.8. The van der Waals surface area contributed by atoms with Crippen molar-refractivity contribution in [1.29, 1.82) is 0 Å². The number of ether oxygens (including phenoxy) is 7. The van der Waals surface area contributed by atoms with Crippen molar-refractivity contribution in [2.45, 2.75) is 58.7 Å². The number of alkyl halides is 3. The van der Waals surface area contributed by atoms with Crippen LogP contribution >= 0.6 is 11.3 Å². The third-order valence-corrected chi connectivity index (χ3v) is 21.2. The Bertz CT molecular complexity index is 6510. The number of hydrogen-bond acceptors (Lipinski definition) is 12. The standard InChI is InChI=1S/C20H13F3O2.C20H20F2O2.C20H14F2O2.C14H7F5O3.C14H10F2O2S/c1-10-3-4-11(15(21)9-10)12-5-6-13-14-7-8-16(24-2)18(23)20(14)25-19(13)17(12)22;2*1-11-3-5-12(6-4-11)13-7-8-14-15-9-10-16(23-2)18(22)20(15)24-19(14)17(13)21;1-20-8-4-2-6-7-3-5-9(22-14(17,18)19)11(16)13(7)21-12(6)10(8)15;1-17-9-5-3-7-8-4-6-10(18-2)12(16)14(8)19-13(7)11(9)15/h3-9H,1-2H3;7-12H,3-6H2,1-2H3;3-10H,1-2H3;2-5H,1H3;3-6H,1-2H3. The number of aryl methyl sites for hydroxylation is 2. The highest BCUT2D eigenvalue weighted by molar-refractivity contribution is 7.26. The highest BCUT2D eigenvalue weighted by Crippen LogP contribution is 2.47. The van der Waals surface area contributed by atoms with Crippen molar-refractivity contribution in [3.8, 4) is 62.5 Å². The first kappa shape index (κ1) is 78.4. The minimum Gasteiger partial charge on any atom is -0.494 e. The van der Waals surface area contributed by atoms with Crippen LogP contribution < -0.4 is 33.2 Å². The van der Waals surface area contributed by atoms with Crippen molar-refractivity contribution in [2.24, 2.45) is 5.92 Å². The molecular weight excluding hydrogens is 1530 g/mol. The molecule has 5 aromatic heterocycles. The van der Waals surface area contributed by atoms with E-state index in [0.29, 0.717) is 69.5 Å². The number of halogens is 14. The fourth-order valence-electron chi connectivity index (χ4n) is 14.1. The Morgan fingerprint density at radius 2 is 0.605 bits per heavy atom. The highest BCUT2D eigenvalue weighted by Gasteiger charge is 2.34. The van der Waals surface area contributed by atoms with Crippen LogP contribution in [0.5, 0.6) is 40.2 Å². The maximum Gasteiger partial charge on any atom is 0.573 e. The summed E-state index contributed by atoms with van der Waals surface area (Å²) in [5, 5.41) is 4.81. The van der Waals surface area contributed by atoms with Crippen molar-refractivity contribution in [3.63, 3.8) is 0 Å². The lowest BCUT2D eigenvalue weighted by atomic mass is 9.79. The second kappa shape index (κ2) is 31.7. The van der Waals surface area contributed by atoms with Crippen molar-refractivity contribution < 1.29 is 112 Å². The summed E-state index contributed by atoms with van der Waals surface area (Å²) in [6.07, 6.45) is -0.824. The molecule has 11 nitrogen and oxygen atoms in total. The van der Waals surface area contributed by atoms with Gasteiger partial charge in [-0.3, -0.25) is 0 Å². The maximum absolute atomic E-state index is 15.1.